The fraction of sp³-hybridized carbons (Fsp3) is 0.333. The van der Waals surface area contributed by atoms with E-state index in [0.717, 1.165) is 6.42 Å². The van der Waals surface area contributed by atoms with Gasteiger partial charge < -0.3 is 10.0 Å². The lowest BCUT2D eigenvalue weighted by Gasteiger charge is -2.19. The number of non-ortho nitro benzene ring substituents is 1. The van der Waals surface area contributed by atoms with Gasteiger partial charge in [-0.1, -0.05) is 6.92 Å². The summed E-state index contributed by atoms with van der Waals surface area (Å²) in [5, 5.41) is 23.9. The van der Waals surface area contributed by atoms with Gasteiger partial charge in [0.05, 0.1) is 17.2 Å². The molecular weight excluding hydrogens is 300 g/mol. The zero-order valence-electron chi connectivity index (χ0n) is 12.8. The van der Waals surface area contributed by atoms with Crippen LogP contribution in [0.4, 0.5) is 5.69 Å². The third-order valence-electron chi connectivity index (χ3n) is 3.28. The molecule has 0 aliphatic carbocycles. The van der Waals surface area contributed by atoms with E-state index in [1.807, 2.05) is 6.92 Å². The van der Waals surface area contributed by atoms with Crippen LogP contribution in [0.2, 0.25) is 0 Å². The van der Waals surface area contributed by atoms with Gasteiger partial charge in [-0.05, 0) is 24.6 Å². The zero-order valence-corrected chi connectivity index (χ0v) is 12.8. The minimum Gasteiger partial charge on any atom is -0.395 e. The molecule has 1 N–H and O–H groups in total. The third-order valence-corrected chi connectivity index (χ3v) is 3.28. The van der Waals surface area contributed by atoms with Gasteiger partial charge in [0.25, 0.3) is 11.6 Å². The number of aromatic nitrogens is 2. The van der Waals surface area contributed by atoms with E-state index in [2.05, 4.69) is 5.10 Å². The molecule has 0 bridgehead atoms. The smallest absolute Gasteiger partial charge is 0.274 e. The fourth-order valence-electron chi connectivity index (χ4n) is 2.18. The lowest BCUT2D eigenvalue weighted by Crippen LogP contribution is -2.34. The zero-order chi connectivity index (χ0) is 16.8. The number of rotatable bonds is 7. The summed E-state index contributed by atoms with van der Waals surface area (Å²) in [5.74, 6) is -0.249. The highest BCUT2D eigenvalue weighted by atomic mass is 16.6. The number of nitrogens with zero attached hydrogens (tertiary/aromatic N) is 4. The number of hydrogen-bond donors (Lipinski definition) is 1. The Balaban J connectivity index is 2.19. The van der Waals surface area contributed by atoms with Crippen LogP contribution in [-0.2, 0) is 0 Å². The molecule has 0 atom stereocenters. The molecule has 0 saturated carbocycles. The van der Waals surface area contributed by atoms with Crippen molar-refractivity contribution in [3.05, 3.63) is 52.3 Å². The van der Waals surface area contributed by atoms with Gasteiger partial charge in [-0.2, -0.15) is 5.10 Å². The number of carbonyl (C=O) groups is 1. The van der Waals surface area contributed by atoms with Crippen molar-refractivity contribution in [1.82, 2.24) is 14.7 Å². The summed E-state index contributed by atoms with van der Waals surface area (Å²) in [7, 11) is 0. The van der Waals surface area contributed by atoms with Gasteiger partial charge in [-0.15, -0.1) is 0 Å². The van der Waals surface area contributed by atoms with Crippen molar-refractivity contribution in [2.45, 2.75) is 13.3 Å². The van der Waals surface area contributed by atoms with Crippen LogP contribution in [0.3, 0.4) is 0 Å². The summed E-state index contributed by atoms with van der Waals surface area (Å²) >= 11 is 0. The van der Waals surface area contributed by atoms with Gasteiger partial charge >= 0.3 is 0 Å². The van der Waals surface area contributed by atoms with Crippen molar-refractivity contribution >= 4 is 11.6 Å². The molecule has 0 spiro atoms. The van der Waals surface area contributed by atoms with E-state index in [4.69, 9.17) is 5.11 Å². The van der Waals surface area contributed by atoms with E-state index in [1.54, 1.807) is 29.3 Å². The van der Waals surface area contributed by atoms with Gasteiger partial charge in [-0.3, -0.25) is 14.9 Å². The van der Waals surface area contributed by atoms with Gasteiger partial charge in [-0.25, -0.2) is 4.68 Å². The normalized spacial score (nSPS) is 10.5. The lowest BCUT2D eigenvalue weighted by atomic mass is 10.3. The van der Waals surface area contributed by atoms with E-state index in [-0.39, 0.29) is 30.4 Å². The molecule has 23 heavy (non-hydrogen) atoms. The second-order valence-corrected chi connectivity index (χ2v) is 4.93. The maximum atomic E-state index is 12.4. The first-order valence-electron chi connectivity index (χ1n) is 7.27. The van der Waals surface area contributed by atoms with Crippen molar-refractivity contribution < 1.29 is 14.8 Å². The minimum atomic E-state index is -0.473. The van der Waals surface area contributed by atoms with Crippen molar-refractivity contribution in [2.75, 3.05) is 19.7 Å². The SMILES string of the molecule is CCCN(CCO)C(=O)c1ccn(-c2ccc([N+](=O)[O-])cc2)n1. The minimum absolute atomic E-state index is 0.00530. The van der Waals surface area contributed by atoms with Crippen LogP contribution in [0.25, 0.3) is 5.69 Å². The average Bonchev–Trinajstić information content (AvgIpc) is 3.04. The quantitative estimate of drug-likeness (QED) is 0.617. The molecule has 1 aromatic carbocycles. The molecule has 8 nitrogen and oxygen atoms in total. The van der Waals surface area contributed by atoms with Gasteiger partial charge in [0.1, 0.15) is 0 Å². The Morgan fingerprint density at radius 2 is 2.00 bits per heavy atom. The molecule has 2 rings (SSSR count). The van der Waals surface area contributed by atoms with Crippen LogP contribution in [0, 0.1) is 10.1 Å². The Hall–Kier alpha value is -2.74. The lowest BCUT2D eigenvalue weighted by molar-refractivity contribution is -0.384. The molecule has 122 valence electrons. The Morgan fingerprint density at radius 3 is 2.57 bits per heavy atom. The Labute approximate surface area is 133 Å². The van der Waals surface area contributed by atoms with Crippen molar-refractivity contribution in [3.8, 4) is 5.69 Å². The number of carbonyl (C=O) groups excluding carboxylic acids is 1. The molecule has 1 heterocycles. The molecule has 2 aromatic rings. The van der Waals surface area contributed by atoms with Gasteiger partial charge in [0, 0.05) is 31.4 Å². The van der Waals surface area contributed by atoms with Crippen LogP contribution in [-0.4, -0.2) is 50.3 Å². The van der Waals surface area contributed by atoms with Gasteiger partial charge in [0.15, 0.2) is 5.69 Å². The van der Waals surface area contributed by atoms with Crippen LogP contribution in [0.1, 0.15) is 23.8 Å². The molecule has 0 saturated heterocycles. The second-order valence-electron chi connectivity index (χ2n) is 4.93. The van der Waals surface area contributed by atoms with Crippen LogP contribution < -0.4 is 0 Å². The summed E-state index contributed by atoms with van der Waals surface area (Å²) < 4.78 is 1.49. The molecule has 1 amide bonds. The number of nitro benzene ring substituents is 1. The molecule has 0 unspecified atom stereocenters. The largest absolute Gasteiger partial charge is 0.395 e. The Morgan fingerprint density at radius 1 is 1.30 bits per heavy atom. The number of aliphatic hydroxyl groups is 1. The number of hydrogen-bond acceptors (Lipinski definition) is 5. The highest BCUT2D eigenvalue weighted by molar-refractivity contribution is 5.92. The average molecular weight is 318 g/mol. The second kappa shape index (κ2) is 7.50. The maximum absolute atomic E-state index is 12.4. The number of nitro groups is 1. The summed E-state index contributed by atoms with van der Waals surface area (Å²) in [6, 6.07) is 7.49. The molecule has 0 aliphatic heterocycles. The first kappa shape index (κ1) is 16.6. The van der Waals surface area contributed by atoms with E-state index in [0.29, 0.717) is 12.2 Å². The predicted octanol–water partition coefficient (Wildman–Crippen LogP) is 1.62. The molecule has 0 aliphatic rings. The van der Waals surface area contributed by atoms with Crippen molar-refractivity contribution in [3.63, 3.8) is 0 Å². The molecule has 1 aromatic heterocycles. The maximum Gasteiger partial charge on any atom is 0.274 e. The summed E-state index contributed by atoms with van der Waals surface area (Å²) in [6.45, 7) is 2.66. The number of amides is 1. The van der Waals surface area contributed by atoms with E-state index in [9.17, 15) is 14.9 Å². The monoisotopic (exact) mass is 318 g/mol. The number of benzene rings is 1. The first-order chi connectivity index (χ1) is 11.1. The predicted molar refractivity (Wildman–Crippen MR) is 83.5 cm³/mol. The molecule has 0 fully saturated rings. The van der Waals surface area contributed by atoms with Gasteiger partial charge in [0.2, 0.25) is 0 Å². The molecule has 0 radical (unpaired) electrons. The summed E-state index contributed by atoms with van der Waals surface area (Å²) in [6.07, 6.45) is 2.41. The third kappa shape index (κ3) is 3.92. The molecular formula is C15H18N4O4. The highest BCUT2D eigenvalue weighted by Crippen LogP contribution is 2.15. The van der Waals surface area contributed by atoms with E-state index in [1.165, 1.54) is 16.8 Å². The fourth-order valence-corrected chi connectivity index (χ4v) is 2.18. The van der Waals surface area contributed by atoms with Crippen LogP contribution in [0.15, 0.2) is 36.5 Å². The standard InChI is InChI=1S/C15H18N4O4/c1-2-8-17(10-11-20)15(21)14-7-9-18(16-14)12-3-5-13(6-4-12)19(22)23/h3-7,9,20H,2,8,10-11H2,1H3. The van der Waals surface area contributed by atoms with Crippen LogP contribution >= 0.6 is 0 Å². The topological polar surface area (TPSA) is 102 Å². The Bertz CT molecular complexity index is 675. The summed E-state index contributed by atoms with van der Waals surface area (Å²) in [4.78, 5) is 24.1. The van der Waals surface area contributed by atoms with Crippen LogP contribution in [0.5, 0.6) is 0 Å². The highest BCUT2D eigenvalue weighted by Gasteiger charge is 2.17. The number of aliphatic hydroxyl groups excluding tert-OH is 1. The summed E-state index contributed by atoms with van der Waals surface area (Å²) in [5.41, 5.74) is 0.887. The van der Waals surface area contributed by atoms with Crippen molar-refractivity contribution in [2.24, 2.45) is 0 Å². The molecule has 8 heteroatoms. The van der Waals surface area contributed by atoms with E-state index < -0.39 is 4.92 Å². The first-order valence-corrected chi connectivity index (χ1v) is 7.27. The van der Waals surface area contributed by atoms with Crippen molar-refractivity contribution in [1.29, 1.82) is 0 Å². The van der Waals surface area contributed by atoms with E-state index >= 15 is 0 Å². The Kier molecular flexibility index (Phi) is 5.42.